The van der Waals surface area contributed by atoms with E-state index >= 15 is 0 Å². The number of hydrogen-bond donors (Lipinski definition) is 2. The van der Waals surface area contributed by atoms with Crippen LogP contribution in [0.4, 0.5) is 0 Å². The Morgan fingerprint density at radius 3 is 2.52 bits per heavy atom. The zero-order valence-corrected chi connectivity index (χ0v) is 17.3. The van der Waals surface area contributed by atoms with Crippen molar-refractivity contribution in [2.75, 3.05) is 33.9 Å². The van der Waals surface area contributed by atoms with Gasteiger partial charge in [-0.25, -0.2) is 4.98 Å². The molecular weight excluding hydrogens is 366 g/mol. The molecule has 0 aliphatic heterocycles. The molecule has 29 heavy (non-hydrogen) atoms. The highest BCUT2D eigenvalue weighted by Gasteiger charge is 2.06. The molecule has 0 bridgehead atoms. The van der Waals surface area contributed by atoms with Gasteiger partial charge < -0.3 is 24.7 Å². The smallest absolute Gasteiger partial charge is 0.191 e. The highest BCUT2D eigenvalue weighted by Crippen LogP contribution is 2.17. The molecule has 0 spiro atoms. The molecule has 154 valence electrons. The summed E-state index contributed by atoms with van der Waals surface area (Å²) in [5, 5.41) is 6.61. The SMILES string of the molecule is CN=C(NCCCn1c(C)nc2ccccc21)NCCOc1ccc(OC)cc1. The van der Waals surface area contributed by atoms with Crippen molar-refractivity contribution in [3.8, 4) is 11.5 Å². The second-order valence-corrected chi connectivity index (χ2v) is 6.60. The molecule has 2 N–H and O–H groups in total. The third-order valence-electron chi connectivity index (χ3n) is 4.64. The maximum absolute atomic E-state index is 5.72. The van der Waals surface area contributed by atoms with E-state index in [0.29, 0.717) is 13.2 Å². The minimum atomic E-state index is 0.549. The number of guanidine groups is 1. The number of methoxy groups -OCH3 is 1. The van der Waals surface area contributed by atoms with Crippen LogP contribution in [0.25, 0.3) is 11.0 Å². The number of benzene rings is 2. The molecule has 0 aliphatic rings. The van der Waals surface area contributed by atoms with Gasteiger partial charge in [0, 0.05) is 20.1 Å². The largest absolute Gasteiger partial charge is 0.497 e. The minimum absolute atomic E-state index is 0.549. The average molecular weight is 396 g/mol. The van der Waals surface area contributed by atoms with Crippen molar-refractivity contribution in [1.29, 1.82) is 0 Å². The number of fused-ring (bicyclic) bond motifs is 1. The molecule has 0 saturated heterocycles. The molecule has 0 fully saturated rings. The Balaban J connectivity index is 1.36. The lowest BCUT2D eigenvalue weighted by Gasteiger charge is -2.13. The first kappa shape index (κ1) is 20.5. The molecular formula is C22H29N5O2. The van der Waals surface area contributed by atoms with E-state index in [1.165, 1.54) is 5.52 Å². The fraction of sp³-hybridized carbons (Fsp3) is 0.364. The molecule has 0 saturated carbocycles. The third kappa shape index (κ3) is 5.63. The predicted octanol–water partition coefficient (Wildman–Crippen LogP) is 2.99. The summed E-state index contributed by atoms with van der Waals surface area (Å²) in [6, 6.07) is 15.8. The highest BCUT2D eigenvalue weighted by molar-refractivity contribution is 5.79. The fourth-order valence-corrected chi connectivity index (χ4v) is 3.15. The summed E-state index contributed by atoms with van der Waals surface area (Å²) in [6.07, 6.45) is 0.976. The zero-order chi connectivity index (χ0) is 20.5. The summed E-state index contributed by atoms with van der Waals surface area (Å²) in [4.78, 5) is 8.87. The van der Waals surface area contributed by atoms with Crippen LogP contribution in [0, 0.1) is 6.92 Å². The second-order valence-electron chi connectivity index (χ2n) is 6.60. The number of aryl methyl sites for hydroxylation is 2. The first-order chi connectivity index (χ1) is 14.2. The third-order valence-corrected chi connectivity index (χ3v) is 4.64. The summed E-state index contributed by atoms with van der Waals surface area (Å²) in [5.41, 5.74) is 2.23. The minimum Gasteiger partial charge on any atom is -0.497 e. The summed E-state index contributed by atoms with van der Waals surface area (Å²) < 4.78 is 13.1. The number of nitrogens with one attached hydrogen (secondary N) is 2. The summed E-state index contributed by atoms with van der Waals surface area (Å²) in [7, 11) is 3.42. The number of ether oxygens (including phenoxy) is 2. The van der Waals surface area contributed by atoms with Crippen molar-refractivity contribution in [2.24, 2.45) is 4.99 Å². The van der Waals surface area contributed by atoms with Gasteiger partial charge in [-0.2, -0.15) is 0 Å². The highest BCUT2D eigenvalue weighted by atomic mass is 16.5. The van der Waals surface area contributed by atoms with E-state index in [4.69, 9.17) is 9.47 Å². The van der Waals surface area contributed by atoms with Gasteiger partial charge >= 0.3 is 0 Å². The van der Waals surface area contributed by atoms with Crippen molar-refractivity contribution < 1.29 is 9.47 Å². The standard InChI is InChI=1S/C22H29N5O2/c1-17-26-20-7-4-5-8-21(20)27(17)15-6-13-24-22(23-2)25-14-16-29-19-11-9-18(28-3)10-12-19/h4-5,7-12H,6,13-16H2,1-3H3,(H2,23,24,25). The van der Waals surface area contributed by atoms with Gasteiger partial charge in [0.15, 0.2) is 5.96 Å². The Bertz CT molecular complexity index is 934. The quantitative estimate of drug-likeness (QED) is 0.331. The van der Waals surface area contributed by atoms with Crippen molar-refractivity contribution in [2.45, 2.75) is 19.9 Å². The molecule has 0 radical (unpaired) electrons. The molecule has 7 heteroatoms. The Labute approximate surface area is 171 Å². The summed E-state index contributed by atoms with van der Waals surface area (Å²) >= 11 is 0. The number of para-hydroxylation sites is 2. The molecule has 3 rings (SSSR count). The lowest BCUT2D eigenvalue weighted by Crippen LogP contribution is -2.39. The van der Waals surface area contributed by atoms with Gasteiger partial charge in [0.25, 0.3) is 0 Å². The van der Waals surface area contributed by atoms with Crippen LogP contribution in [-0.4, -0.2) is 49.4 Å². The van der Waals surface area contributed by atoms with Gasteiger partial charge in [-0.15, -0.1) is 0 Å². The molecule has 1 aromatic heterocycles. The normalized spacial score (nSPS) is 11.5. The topological polar surface area (TPSA) is 72.7 Å². The number of hydrogen-bond acceptors (Lipinski definition) is 4. The van der Waals surface area contributed by atoms with Crippen molar-refractivity contribution in [3.63, 3.8) is 0 Å². The van der Waals surface area contributed by atoms with Crippen LogP contribution in [-0.2, 0) is 6.54 Å². The number of rotatable bonds is 9. The van der Waals surface area contributed by atoms with Crippen molar-refractivity contribution in [1.82, 2.24) is 20.2 Å². The van der Waals surface area contributed by atoms with Gasteiger partial charge in [0.05, 0.1) is 24.7 Å². The van der Waals surface area contributed by atoms with Crippen molar-refractivity contribution >= 4 is 17.0 Å². The Kier molecular flexibility index (Phi) is 7.33. The first-order valence-electron chi connectivity index (χ1n) is 9.84. The lowest BCUT2D eigenvalue weighted by molar-refractivity contribution is 0.321. The first-order valence-corrected chi connectivity index (χ1v) is 9.84. The molecule has 7 nitrogen and oxygen atoms in total. The van der Waals surface area contributed by atoms with E-state index < -0.39 is 0 Å². The van der Waals surface area contributed by atoms with E-state index in [-0.39, 0.29) is 0 Å². The average Bonchev–Trinajstić information content (AvgIpc) is 3.08. The zero-order valence-electron chi connectivity index (χ0n) is 17.3. The van der Waals surface area contributed by atoms with Crippen LogP contribution in [0.1, 0.15) is 12.2 Å². The van der Waals surface area contributed by atoms with Gasteiger partial charge in [-0.1, -0.05) is 12.1 Å². The van der Waals surface area contributed by atoms with Crippen LogP contribution in [0.15, 0.2) is 53.5 Å². The maximum Gasteiger partial charge on any atom is 0.191 e. The van der Waals surface area contributed by atoms with Crippen molar-refractivity contribution in [3.05, 3.63) is 54.4 Å². The Morgan fingerprint density at radius 2 is 1.76 bits per heavy atom. The van der Waals surface area contributed by atoms with Crippen LogP contribution < -0.4 is 20.1 Å². The van der Waals surface area contributed by atoms with E-state index in [1.807, 2.05) is 30.3 Å². The molecule has 0 aliphatic carbocycles. The predicted molar refractivity (Wildman–Crippen MR) is 117 cm³/mol. The monoisotopic (exact) mass is 395 g/mol. The maximum atomic E-state index is 5.72. The Morgan fingerprint density at radius 1 is 1.03 bits per heavy atom. The van der Waals surface area contributed by atoms with E-state index in [9.17, 15) is 0 Å². The van der Waals surface area contributed by atoms with E-state index in [2.05, 4.69) is 50.3 Å². The van der Waals surface area contributed by atoms with E-state index in [0.717, 1.165) is 48.3 Å². The van der Waals surface area contributed by atoms with Crippen LogP contribution in [0.2, 0.25) is 0 Å². The molecule has 3 aromatic rings. The number of aliphatic imine (C=N–C) groups is 1. The Hall–Kier alpha value is -3.22. The second kappa shape index (κ2) is 10.4. The number of aromatic nitrogens is 2. The lowest BCUT2D eigenvalue weighted by atomic mass is 10.3. The summed E-state index contributed by atoms with van der Waals surface area (Å²) in [6.45, 7) is 5.00. The number of imidazole rings is 1. The van der Waals surface area contributed by atoms with Gasteiger partial charge in [-0.05, 0) is 49.7 Å². The van der Waals surface area contributed by atoms with E-state index in [1.54, 1.807) is 14.2 Å². The van der Waals surface area contributed by atoms with Gasteiger partial charge in [-0.3, -0.25) is 4.99 Å². The molecule has 0 unspecified atom stereocenters. The summed E-state index contributed by atoms with van der Waals surface area (Å²) in [5.74, 6) is 3.46. The van der Waals surface area contributed by atoms with Gasteiger partial charge in [0.1, 0.15) is 23.9 Å². The fourth-order valence-electron chi connectivity index (χ4n) is 3.15. The number of nitrogens with zero attached hydrogens (tertiary/aromatic N) is 3. The molecule has 2 aromatic carbocycles. The molecule has 0 atom stereocenters. The molecule has 1 heterocycles. The van der Waals surface area contributed by atoms with Crippen LogP contribution >= 0.6 is 0 Å². The molecule has 0 amide bonds. The van der Waals surface area contributed by atoms with Gasteiger partial charge in [0.2, 0.25) is 0 Å². The van der Waals surface area contributed by atoms with Crippen LogP contribution in [0.3, 0.4) is 0 Å². The van der Waals surface area contributed by atoms with Crippen LogP contribution in [0.5, 0.6) is 11.5 Å².